The molecule has 0 saturated heterocycles. The molecule has 0 radical (unpaired) electrons. The van der Waals surface area contributed by atoms with Gasteiger partial charge < -0.3 is 20.3 Å². The molecule has 0 aliphatic heterocycles. The zero-order chi connectivity index (χ0) is 18.8. The largest absolute Gasteiger partial charge is 0.383 e. The minimum absolute atomic E-state index is 0. The van der Waals surface area contributed by atoms with Gasteiger partial charge in [-0.05, 0) is 52.8 Å². The highest BCUT2D eigenvalue weighted by Crippen LogP contribution is 2.14. The Hall–Kier alpha value is -0.870. The molecule has 8 heteroatoms. The second-order valence-electron chi connectivity index (χ2n) is 6.67. The predicted molar refractivity (Wildman–Crippen MR) is 120 cm³/mol. The smallest absolute Gasteiger partial charge is 0.191 e. The second kappa shape index (κ2) is 13.3. The number of halogens is 1. The maximum Gasteiger partial charge on any atom is 0.191 e. The van der Waals surface area contributed by atoms with Gasteiger partial charge >= 0.3 is 0 Å². The van der Waals surface area contributed by atoms with E-state index in [1.165, 1.54) is 11.3 Å². The standard InChI is InChI=1S/C18H36N6O.HI/c1-14(13-17-15(2)22-24(6)16(17)3)21-18(19-4)20-9-8-10-23(5)11-12-25-7;/h14H,8-13H2,1-7H3,(H2,19,20,21);1H. The first kappa shape index (κ1) is 25.1. The van der Waals surface area contributed by atoms with Gasteiger partial charge in [0.2, 0.25) is 0 Å². The molecular formula is C18H37IN6O. The summed E-state index contributed by atoms with van der Waals surface area (Å²) in [5, 5.41) is 11.4. The number of methoxy groups -OCH3 is 1. The third-order valence-electron chi connectivity index (χ3n) is 4.46. The number of nitrogens with one attached hydrogen (secondary N) is 2. The molecule has 0 aromatic carbocycles. The second-order valence-corrected chi connectivity index (χ2v) is 6.67. The molecule has 7 nitrogen and oxygen atoms in total. The molecule has 152 valence electrons. The monoisotopic (exact) mass is 480 g/mol. The summed E-state index contributed by atoms with van der Waals surface area (Å²) in [6, 6.07) is 0.289. The fourth-order valence-corrected chi connectivity index (χ4v) is 2.81. The number of ether oxygens (including phenoxy) is 1. The van der Waals surface area contributed by atoms with Crippen molar-refractivity contribution in [2.45, 2.75) is 39.7 Å². The number of guanidine groups is 1. The van der Waals surface area contributed by atoms with Crippen LogP contribution in [0.1, 0.15) is 30.3 Å². The van der Waals surface area contributed by atoms with Gasteiger partial charge in [-0.2, -0.15) is 5.10 Å². The molecule has 1 atom stereocenters. The van der Waals surface area contributed by atoms with Crippen LogP contribution in [0.4, 0.5) is 0 Å². The van der Waals surface area contributed by atoms with Crippen molar-refractivity contribution in [2.75, 3.05) is 47.4 Å². The summed E-state index contributed by atoms with van der Waals surface area (Å²) in [6.07, 6.45) is 2.00. The fraction of sp³-hybridized carbons (Fsp3) is 0.778. The third-order valence-corrected chi connectivity index (χ3v) is 4.46. The van der Waals surface area contributed by atoms with Crippen LogP contribution in [0.15, 0.2) is 4.99 Å². The van der Waals surface area contributed by atoms with Crippen LogP contribution >= 0.6 is 24.0 Å². The van der Waals surface area contributed by atoms with Crippen molar-refractivity contribution in [3.05, 3.63) is 17.0 Å². The first-order valence-corrected chi connectivity index (χ1v) is 9.02. The van der Waals surface area contributed by atoms with Crippen LogP contribution in [0.5, 0.6) is 0 Å². The lowest BCUT2D eigenvalue weighted by Gasteiger charge is -2.19. The minimum Gasteiger partial charge on any atom is -0.383 e. The Morgan fingerprint density at radius 2 is 2.04 bits per heavy atom. The highest BCUT2D eigenvalue weighted by Gasteiger charge is 2.13. The number of aryl methyl sites for hydroxylation is 2. The van der Waals surface area contributed by atoms with Gasteiger partial charge in [0.25, 0.3) is 0 Å². The number of nitrogens with zero attached hydrogens (tertiary/aromatic N) is 4. The maximum atomic E-state index is 5.09. The fourth-order valence-electron chi connectivity index (χ4n) is 2.81. The highest BCUT2D eigenvalue weighted by atomic mass is 127. The Labute approximate surface area is 176 Å². The van der Waals surface area contributed by atoms with Crippen molar-refractivity contribution in [1.82, 2.24) is 25.3 Å². The summed E-state index contributed by atoms with van der Waals surface area (Å²) in [5.74, 6) is 0.853. The normalized spacial score (nSPS) is 12.8. The van der Waals surface area contributed by atoms with Crippen molar-refractivity contribution >= 4 is 29.9 Å². The van der Waals surface area contributed by atoms with Crippen LogP contribution in [-0.4, -0.2) is 74.1 Å². The van der Waals surface area contributed by atoms with Crippen molar-refractivity contribution in [3.63, 3.8) is 0 Å². The average Bonchev–Trinajstić information content (AvgIpc) is 2.81. The van der Waals surface area contributed by atoms with E-state index in [-0.39, 0.29) is 30.0 Å². The van der Waals surface area contributed by atoms with E-state index in [4.69, 9.17) is 4.74 Å². The van der Waals surface area contributed by atoms with E-state index < -0.39 is 0 Å². The lowest BCUT2D eigenvalue weighted by Crippen LogP contribution is -2.43. The molecule has 0 aliphatic carbocycles. The van der Waals surface area contributed by atoms with Crippen LogP contribution in [0.25, 0.3) is 0 Å². The number of likely N-dealkylation sites (N-methyl/N-ethyl adjacent to an activating group) is 1. The molecule has 1 rings (SSSR count). The van der Waals surface area contributed by atoms with Crippen molar-refractivity contribution in [3.8, 4) is 0 Å². The van der Waals surface area contributed by atoms with E-state index in [2.05, 4.69) is 53.4 Å². The van der Waals surface area contributed by atoms with Gasteiger partial charge in [0.15, 0.2) is 5.96 Å². The van der Waals surface area contributed by atoms with Crippen LogP contribution in [0, 0.1) is 13.8 Å². The van der Waals surface area contributed by atoms with Crippen LogP contribution < -0.4 is 10.6 Å². The first-order valence-electron chi connectivity index (χ1n) is 9.02. The number of rotatable bonds is 10. The Morgan fingerprint density at radius 3 is 2.58 bits per heavy atom. The topological polar surface area (TPSA) is 66.7 Å². The molecule has 0 saturated carbocycles. The highest BCUT2D eigenvalue weighted by molar-refractivity contribution is 14.0. The minimum atomic E-state index is 0. The molecule has 1 heterocycles. The molecule has 1 unspecified atom stereocenters. The third kappa shape index (κ3) is 8.68. The Morgan fingerprint density at radius 1 is 1.35 bits per heavy atom. The molecule has 0 bridgehead atoms. The van der Waals surface area contributed by atoms with Gasteiger partial charge in [-0.15, -0.1) is 24.0 Å². The summed E-state index contributed by atoms with van der Waals surface area (Å²) in [5.41, 5.74) is 3.65. The van der Waals surface area contributed by atoms with Crippen LogP contribution in [0.2, 0.25) is 0 Å². The molecule has 0 spiro atoms. The lowest BCUT2D eigenvalue weighted by molar-refractivity contribution is 0.161. The molecular weight excluding hydrogens is 443 g/mol. The molecule has 0 fully saturated rings. The number of hydrogen-bond donors (Lipinski definition) is 2. The summed E-state index contributed by atoms with van der Waals surface area (Å²) in [7, 11) is 7.66. The number of aromatic nitrogens is 2. The van der Waals surface area contributed by atoms with E-state index in [9.17, 15) is 0 Å². The van der Waals surface area contributed by atoms with Crippen LogP contribution in [-0.2, 0) is 18.2 Å². The summed E-state index contributed by atoms with van der Waals surface area (Å²) >= 11 is 0. The molecule has 1 aromatic rings. The zero-order valence-electron chi connectivity index (χ0n) is 17.4. The predicted octanol–water partition coefficient (Wildman–Crippen LogP) is 1.72. The van der Waals surface area contributed by atoms with Crippen LogP contribution in [0.3, 0.4) is 0 Å². The number of hydrogen-bond acceptors (Lipinski definition) is 4. The maximum absolute atomic E-state index is 5.09. The lowest BCUT2D eigenvalue weighted by atomic mass is 10.1. The van der Waals surface area contributed by atoms with Crippen molar-refractivity contribution < 1.29 is 4.74 Å². The van der Waals surface area contributed by atoms with Gasteiger partial charge in [0.1, 0.15) is 0 Å². The molecule has 26 heavy (non-hydrogen) atoms. The van der Waals surface area contributed by atoms with Gasteiger partial charge in [0, 0.05) is 46.0 Å². The summed E-state index contributed by atoms with van der Waals surface area (Å²) in [4.78, 5) is 6.60. The Balaban J connectivity index is 0.00000625. The molecule has 2 N–H and O–H groups in total. The molecule has 1 aromatic heterocycles. The first-order chi connectivity index (χ1) is 11.9. The van der Waals surface area contributed by atoms with Gasteiger partial charge in [-0.1, -0.05) is 0 Å². The van der Waals surface area contributed by atoms with E-state index in [1.807, 2.05) is 18.8 Å². The molecule has 0 amide bonds. The SMILES string of the molecule is CN=C(NCCCN(C)CCOC)NC(C)Cc1c(C)nn(C)c1C.I. The van der Waals surface area contributed by atoms with Gasteiger partial charge in [-0.25, -0.2) is 0 Å². The van der Waals surface area contributed by atoms with Crippen molar-refractivity contribution in [1.29, 1.82) is 0 Å². The number of aliphatic imine (C=N–C) groups is 1. The van der Waals surface area contributed by atoms with Crippen molar-refractivity contribution in [2.24, 2.45) is 12.0 Å². The van der Waals surface area contributed by atoms with E-state index in [0.29, 0.717) is 0 Å². The quantitative estimate of drug-likeness (QED) is 0.231. The summed E-state index contributed by atoms with van der Waals surface area (Å²) in [6.45, 7) is 10.0. The average molecular weight is 480 g/mol. The molecule has 0 aliphatic rings. The van der Waals surface area contributed by atoms with Gasteiger partial charge in [-0.3, -0.25) is 9.67 Å². The zero-order valence-corrected chi connectivity index (χ0v) is 19.8. The van der Waals surface area contributed by atoms with E-state index in [0.717, 1.165) is 50.7 Å². The van der Waals surface area contributed by atoms with E-state index >= 15 is 0 Å². The van der Waals surface area contributed by atoms with E-state index in [1.54, 1.807) is 7.11 Å². The van der Waals surface area contributed by atoms with Gasteiger partial charge in [0.05, 0.1) is 12.3 Å². The summed E-state index contributed by atoms with van der Waals surface area (Å²) < 4.78 is 7.04. The Bertz CT molecular complexity index is 546. The Kier molecular flexibility index (Phi) is 12.9.